The molecule has 1 rings (SSSR count). The lowest BCUT2D eigenvalue weighted by Gasteiger charge is -2.40. The third-order valence-electron chi connectivity index (χ3n) is 3.29. The molecule has 0 saturated carbocycles. The highest BCUT2D eigenvalue weighted by atomic mass is 32.1. The molecule has 1 fully saturated rings. The zero-order chi connectivity index (χ0) is 17.2. The Hall–Kier alpha value is -1.11. The van der Waals surface area contributed by atoms with Crippen molar-refractivity contribution in [2.24, 2.45) is 10.8 Å². The number of aliphatic hydroxyl groups is 2. The molecule has 0 aromatic rings. The van der Waals surface area contributed by atoms with Gasteiger partial charge < -0.3 is 30.3 Å². The van der Waals surface area contributed by atoms with E-state index < -0.39 is 36.6 Å². The zero-order valence-electron chi connectivity index (χ0n) is 12.3. The van der Waals surface area contributed by atoms with Crippen LogP contribution < -0.4 is 10.6 Å². The van der Waals surface area contributed by atoms with Crippen LogP contribution >= 0.6 is 12.8 Å². The summed E-state index contributed by atoms with van der Waals surface area (Å²) in [4.78, 5) is 20.0. The van der Waals surface area contributed by atoms with Gasteiger partial charge in [-0.1, -0.05) is 22.8 Å². The van der Waals surface area contributed by atoms with Gasteiger partial charge in [0.1, 0.15) is 12.2 Å². The molecule has 1 saturated heterocycles. The molecule has 0 bridgehead atoms. The SMILES string of the molecule is [N-]=[N+]=NCC1O[C@@H](OCCCCC(=O)ONS)[C@@H](N)C(O)[C@H]1O. The summed E-state index contributed by atoms with van der Waals surface area (Å²) in [6.07, 6.45) is -3.13. The molecule has 1 heterocycles. The molecule has 0 aromatic heterocycles. The summed E-state index contributed by atoms with van der Waals surface area (Å²) in [5.74, 6) is -0.446. The quantitative estimate of drug-likeness (QED) is 0.0892. The Morgan fingerprint density at radius 3 is 2.83 bits per heavy atom. The molecule has 5 N–H and O–H groups in total. The first kappa shape index (κ1) is 19.9. The smallest absolute Gasteiger partial charge is 0.325 e. The van der Waals surface area contributed by atoms with Crippen molar-refractivity contribution in [1.29, 1.82) is 0 Å². The number of rotatable bonds is 9. The Kier molecular flexibility index (Phi) is 9.21. The van der Waals surface area contributed by atoms with Crippen LogP contribution in [0.2, 0.25) is 0 Å². The Labute approximate surface area is 138 Å². The number of hydrogen-bond donors (Lipinski definition) is 5. The maximum atomic E-state index is 11.1. The highest BCUT2D eigenvalue weighted by Crippen LogP contribution is 2.21. The van der Waals surface area contributed by atoms with Gasteiger partial charge in [-0.2, -0.15) is 0 Å². The Morgan fingerprint density at radius 2 is 2.17 bits per heavy atom. The van der Waals surface area contributed by atoms with Crippen LogP contribution in [0.15, 0.2) is 5.11 Å². The molecule has 0 aliphatic carbocycles. The lowest BCUT2D eigenvalue weighted by molar-refractivity contribution is -0.257. The van der Waals surface area contributed by atoms with E-state index in [1.807, 2.05) is 4.89 Å². The van der Waals surface area contributed by atoms with Crippen LogP contribution in [0.4, 0.5) is 0 Å². The van der Waals surface area contributed by atoms with E-state index in [0.717, 1.165) is 0 Å². The third kappa shape index (κ3) is 6.49. The maximum Gasteiger partial charge on any atom is 0.325 e. The van der Waals surface area contributed by atoms with Crippen LogP contribution in [-0.2, 0) is 19.1 Å². The summed E-state index contributed by atoms with van der Waals surface area (Å²) < 4.78 is 10.8. The minimum Gasteiger partial charge on any atom is -0.388 e. The van der Waals surface area contributed by atoms with Gasteiger partial charge in [0.25, 0.3) is 0 Å². The summed E-state index contributed by atoms with van der Waals surface area (Å²) in [5, 5.41) is 23.0. The molecule has 11 nitrogen and oxygen atoms in total. The molecule has 12 heteroatoms. The lowest BCUT2D eigenvalue weighted by Crippen LogP contribution is -2.62. The number of aliphatic hydroxyl groups excluding tert-OH is 2. The molecule has 23 heavy (non-hydrogen) atoms. The molecule has 1 aliphatic rings. The van der Waals surface area contributed by atoms with Crippen molar-refractivity contribution in [3.63, 3.8) is 0 Å². The van der Waals surface area contributed by atoms with E-state index in [2.05, 4.69) is 27.7 Å². The van der Waals surface area contributed by atoms with E-state index in [9.17, 15) is 15.0 Å². The van der Waals surface area contributed by atoms with Crippen molar-refractivity contribution in [2.75, 3.05) is 13.2 Å². The Bertz CT molecular complexity index is 424. The number of nitrogens with one attached hydrogen (secondary N) is 1. The van der Waals surface area contributed by atoms with Crippen molar-refractivity contribution in [1.82, 2.24) is 4.89 Å². The molecule has 0 spiro atoms. The van der Waals surface area contributed by atoms with Crippen molar-refractivity contribution in [2.45, 2.75) is 49.9 Å². The molecule has 2 unspecified atom stereocenters. The molecule has 5 atom stereocenters. The average Bonchev–Trinajstić information content (AvgIpc) is 2.53. The van der Waals surface area contributed by atoms with Crippen molar-refractivity contribution in [3.05, 3.63) is 10.4 Å². The van der Waals surface area contributed by atoms with Crippen molar-refractivity contribution in [3.8, 4) is 0 Å². The Balaban J connectivity index is 2.36. The van der Waals surface area contributed by atoms with Gasteiger partial charge in [-0.15, -0.1) is 0 Å². The van der Waals surface area contributed by atoms with Gasteiger partial charge in [-0.25, -0.2) is 0 Å². The fourth-order valence-electron chi connectivity index (χ4n) is 2.04. The second-order valence-corrected chi connectivity index (χ2v) is 5.09. The number of nitrogens with two attached hydrogens (primary N) is 1. The van der Waals surface area contributed by atoms with Crippen LogP contribution in [0.25, 0.3) is 10.4 Å². The van der Waals surface area contributed by atoms with E-state index in [0.29, 0.717) is 12.8 Å². The molecule has 0 aromatic carbocycles. The summed E-state index contributed by atoms with van der Waals surface area (Å²) in [7, 11) is 0. The largest absolute Gasteiger partial charge is 0.388 e. The van der Waals surface area contributed by atoms with E-state index in [1.165, 1.54) is 0 Å². The molecule has 1 aliphatic heterocycles. The van der Waals surface area contributed by atoms with E-state index in [-0.39, 0.29) is 19.6 Å². The number of carbonyl (C=O) groups is 1. The minimum absolute atomic E-state index is 0.149. The van der Waals surface area contributed by atoms with Crippen LogP contribution in [0.1, 0.15) is 19.3 Å². The van der Waals surface area contributed by atoms with Crippen LogP contribution in [0, 0.1) is 0 Å². The number of unbranched alkanes of at least 4 members (excludes halogenated alkanes) is 1. The Morgan fingerprint density at radius 1 is 1.43 bits per heavy atom. The number of azide groups is 1. The summed E-state index contributed by atoms with van der Waals surface area (Å²) in [6.45, 7) is 0.0842. The van der Waals surface area contributed by atoms with Crippen LogP contribution in [-0.4, -0.2) is 60.0 Å². The number of carbonyl (C=O) groups excluding carboxylic acids is 1. The average molecular weight is 351 g/mol. The predicted octanol–water partition coefficient (Wildman–Crippen LogP) is -0.850. The van der Waals surface area contributed by atoms with Crippen LogP contribution in [0.5, 0.6) is 0 Å². The van der Waals surface area contributed by atoms with E-state index in [4.69, 9.17) is 20.7 Å². The topological polar surface area (TPSA) is 172 Å². The first-order chi connectivity index (χ1) is 11.0. The molecule has 132 valence electrons. The second kappa shape index (κ2) is 10.6. The summed E-state index contributed by atoms with van der Waals surface area (Å²) in [6, 6.07) is -0.939. The monoisotopic (exact) mass is 351 g/mol. The highest BCUT2D eigenvalue weighted by molar-refractivity contribution is 7.77. The van der Waals surface area contributed by atoms with Gasteiger partial charge in [0, 0.05) is 17.9 Å². The van der Waals surface area contributed by atoms with Crippen molar-refractivity contribution < 1.29 is 29.3 Å². The standard InChI is InChI=1S/C11H21N5O6S/c12-8-10(19)9(18)6(5-14-15-13)21-11(8)20-4-2-1-3-7(17)22-16-23/h6,8-11,16,18-19,23H,1-5,12H2/t6?,8-,9-,10?,11+/m0/s1. The minimum atomic E-state index is -1.26. The highest BCUT2D eigenvalue weighted by Gasteiger charge is 2.42. The van der Waals surface area contributed by atoms with Crippen molar-refractivity contribution >= 4 is 18.8 Å². The van der Waals surface area contributed by atoms with E-state index >= 15 is 0 Å². The number of nitrogens with zero attached hydrogens (tertiary/aromatic N) is 3. The van der Waals surface area contributed by atoms with Gasteiger partial charge in [0.05, 0.1) is 18.7 Å². The van der Waals surface area contributed by atoms with Gasteiger partial charge in [0.15, 0.2) is 6.29 Å². The number of ether oxygens (including phenoxy) is 2. The predicted molar refractivity (Wildman–Crippen MR) is 80.7 cm³/mol. The lowest BCUT2D eigenvalue weighted by atomic mass is 9.97. The molecule has 0 amide bonds. The van der Waals surface area contributed by atoms with Gasteiger partial charge in [0.2, 0.25) is 0 Å². The summed E-state index contributed by atoms with van der Waals surface area (Å²) >= 11 is 3.53. The zero-order valence-corrected chi connectivity index (χ0v) is 13.2. The van der Waals surface area contributed by atoms with Gasteiger partial charge in [-0.05, 0) is 18.4 Å². The summed E-state index contributed by atoms with van der Waals surface area (Å²) in [5.41, 5.74) is 14.1. The fraction of sp³-hybridized carbons (Fsp3) is 0.909. The molecular formula is C11H21N5O6S. The third-order valence-corrected chi connectivity index (χ3v) is 3.38. The number of hydrogen-bond acceptors (Lipinski definition) is 10. The molecular weight excluding hydrogens is 330 g/mol. The first-order valence-corrected chi connectivity index (χ1v) is 7.44. The van der Waals surface area contributed by atoms with Gasteiger partial charge >= 0.3 is 5.97 Å². The maximum absolute atomic E-state index is 11.1. The number of thiol groups is 1. The fourth-order valence-corrected chi connectivity index (χ4v) is 2.15. The van der Waals surface area contributed by atoms with Crippen LogP contribution in [0.3, 0.4) is 0 Å². The van der Waals surface area contributed by atoms with E-state index in [1.54, 1.807) is 0 Å². The van der Waals surface area contributed by atoms with Gasteiger partial charge in [-0.3, -0.25) is 4.79 Å². The molecule has 0 radical (unpaired) electrons. The second-order valence-electron chi connectivity index (χ2n) is 4.91. The first-order valence-electron chi connectivity index (χ1n) is 6.99. The normalized spacial score (nSPS) is 30.5.